The van der Waals surface area contributed by atoms with Gasteiger partial charge in [-0.3, -0.25) is 4.79 Å². The number of anilines is 1. The summed E-state index contributed by atoms with van der Waals surface area (Å²) in [7, 11) is 0. The van der Waals surface area contributed by atoms with Crippen LogP contribution in [-0.2, 0) is 4.79 Å². The molecule has 2 saturated carbocycles. The second kappa shape index (κ2) is 6.32. The van der Waals surface area contributed by atoms with Gasteiger partial charge in [-0.25, -0.2) is 8.78 Å². The first-order valence-electron chi connectivity index (χ1n) is 7.99. The van der Waals surface area contributed by atoms with Crippen molar-refractivity contribution in [1.82, 2.24) is 0 Å². The minimum absolute atomic E-state index is 0.0506. The van der Waals surface area contributed by atoms with Crippen molar-refractivity contribution in [2.75, 3.05) is 5.32 Å². The van der Waals surface area contributed by atoms with E-state index in [1.807, 2.05) is 0 Å². The molecule has 22 heavy (non-hydrogen) atoms. The molecule has 1 amide bonds. The molecule has 2 aliphatic carbocycles. The number of halogens is 2. The predicted molar refractivity (Wildman–Crippen MR) is 81.6 cm³/mol. The smallest absolute Gasteiger partial charge is 0.263 e. The fourth-order valence-electron chi connectivity index (χ4n) is 4.00. The standard InChI is InChI=1S/C17H22F2N2O/c18-16(19)12-5-2-6-14(9-12)21-17(22)13-7-10-3-1-4-11(8-13)15(10)20/h2,5-6,9-11,13,15-16H,1,3-4,7-8,20H2,(H,21,22). The highest BCUT2D eigenvalue weighted by Gasteiger charge is 2.40. The van der Waals surface area contributed by atoms with E-state index in [-0.39, 0.29) is 23.4 Å². The summed E-state index contributed by atoms with van der Waals surface area (Å²) in [4.78, 5) is 12.4. The number of fused-ring (bicyclic) bond motifs is 2. The number of rotatable bonds is 3. The number of carbonyl (C=O) groups excluding carboxylic acids is 1. The van der Waals surface area contributed by atoms with Gasteiger partial charge in [0.05, 0.1) is 0 Å². The van der Waals surface area contributed by atoms with Gasteiger partial charge in [0.25, 0.3) is 6.43 Å². The van der Waals surface area contributed by atoms with Crippen LogP contribution in [0.1, 0.15) is 44.1 Å². The Kier molecular flexibility index (Phi) is 4.43. The Labute approximate surface area is 129 Å². The highest BCUT2D eigenvalue weighted by Crippen LogP contribution is 2.42. The van der Waals surface area contributed by atoms with E-state index in [0.29, 0.717) is 17.5 Å². The molecule has 0 aromatic heterocycles. The van der Waals surface area contributed by atoms with Crippen LogP contribution in [0.2, 0.25) is 0 Å². The summed E-state index contributed by atoms with van der Waals surface area (Å²) in [6.45, 7) is 0. The highest BCUT2D eigenvalue weighted by molar-refractivity contribution is 5.92. The summed E-state index contributed by atoms with van der Waals surface area (Å²) in [5.41, 5.74) is 6.62. The van der Waals surface area contributed by atoms with Gasteiger partial charge >= 0.3 is 0 Å². The van der Waals surface area contributed by atoms with Crippen LogP contribution >= 0.6 is 0 Å². The fraction of sp³-hybridized carbons (Fsp3) is 0.588. The van der Waals surface area contributed by atoms with Gasteiger partial charge in [-0.15, -0.1) is 0 Å². The van der Waals surface area contributed by atoms with E-state index in [9.17, 15) is 13.6 Å². The number of carbonyl (C=O) groups is 1. The molecular weight excluding hydrogens is 286 g/mol. The van der Waals surface area contributed by atoms with E-state index in [2.05, 4.69) is 5.32 Å². The Balaban J connectivity index is 1.66. The fourth-order valence-corrected chi connectivity index (χ4v) is 4.00. The van der Waals surface area contributed by atoms with E-state index in [1.165, 1.54) is 18.6 Å². The quantitative estimate of drug-likeness (QED) is 0.894. The first-order chi connectivity index (χ1) is 10.5. The molecule has 2 fully saturated rings. The Morgan fingerprint density at radius 3 is 2.55 bits per heavy atom. The molecule has 2 bridgehead atoms. The maximum atomic E-state index is 12.7. The number of nitrogens with one attached hydrogen (secondary N) is 1. The van der Waals surface area contributed by atoms with Crippen molar-refractivity contribution in [2.24, 2.45) is 23.5 Å². The summed E-state index contributed by atoms with van der Waals surface area (Å²) >= 11 is 0. The van der Waals surface area contributed by atoms with Crippen LogP contribution in [0.15, 0.2) is 24.3 Å². The van der Waals surface area contributed by atoms with Gasteiger partial charge in [0.1, 0.15) is 0 Å². The molecule has 120 valence electrons. The predicted octanol–water partition coefficient (Wildman–Crippen LogP) is 3.72. The molecule has 0 radical (unpaired) electrons. The van der Waals surface area contributed by atoms with Crippen LogP contribution in [-0.4, -0.2) is 11.9 Å². The summed E-state index contributed by atoms with van der Waals surface area (Å²) in [5, 5.41) is 2.80. The third-order valence-electron chi connectivity index (χ3n) is 5.19. The van der Waals surface area contributed by atoms with Gasteiger partial charge < -0.3 is 11.1 Å². The van der Waals surface area contributed by atoms with E-state index in [1.54, 1.807) is 12.1 Å². The molecule has 2 atom stereocenters. The topological polar surface area (TPSA) is 55.1 Å². The molecule has 0 heterocycles. The molecule has 3 rings (SSSR count). The zero-order chi connectivity index (χ0) is 15.7. The molecule has 0 saturated heterocycles. The van der Waals surface area contributed by atoms with E-state index >= 15 is 0 Å². The van der Waals surface area contributed by atoms with Crippen LogP contribution in [0.25, 0.3) is 0 Å². The second-order valence-corrected chi connectivity index (χ2v) is 6.61. The lowest BCUT2D eigenvalue weighted by molar-refractivity contribution is -0.122. The average molecular weight is 308 g/mol. The van der Waals surface area contributed by atoms with Crippen LogP contribution in [0.5, 0.6) is 0 Å². The average Bonchev–Trinajstić information content (AvgIpc) is 2.47. The lowest BCUT2D eigenvalue weighted by Crippen LogP contribution is -2.48. The van der Waals surface area contributed by atoms with E-state index in [4.69, 9.17) is 5.73 Å². The lowest BCUT2D eigenvalue weighted by Gasteiger charge is -2.43. The monoisotopic (exact) mass is 308 g/mol. The number of hydrogen-bond acceptors (Lipinski definition) is 2. The summed E-state index contributed by atoms with van der Waals surface area (Å²) in [6, 6.07) is 6.13. The number of hydrogen-bond donors (Lipinski definition) is 2. The molecule has 2 unspecified atom stereocenters. The first kappa shape index (κ1) is 15.4. The molecule has 3 nitrogen and oxygen atoms in total. The zero-order valence-corrected chi connectivity index (χ0v) is 12.5. The molecule has 5 heteroatoms. The van der Waals surface area contributed by atoms with Gasteiger partial charge in [0.2, 0.25) is 5.91 Å². The Morgan fingerprint density at radius 1 is 1.23 bits per heavy atom. The molecule has 0 aliphatic heterocycles. The maximum Gasteiger partial charge on any atom is 0.263 e. The molecular formula is C17H22F2N2O. The molecule has 1 aromatic rings. The Bertz CT molecular complexity index is 535. The summed E-state index contributed by atoms with van der Waals surface area (Å²) in [6.07, 6.45) is 2.51. The van der Waals surface area contributed by atoms with Gasteiger partial charge in [-0.1, -0.05) is 18.6 Å². The minimum Gasteiger partial charge on any atom is -0.327 e. The van der Waals surface area contributed by atoms with Gasteiger partial charge in [-0.2, -0.15) is 0 Å². The maximum absolute atomic E-state index is 12.7. The van der Waals surface area contributed by atoms with Gasteiger partial charge in [-0.05, 0) is 49.7 Å². The number of amides is 1. The van der Waals surface area contributed by atoms with E-state index in [0.717, 1.165) is 25.7 Å². The zero-order valence-electron chi connectivity index (χ0n) is 12.5. The van der Waals surface area contributed by atoms with E-state index < -0.39 is 6.43 Å². The Morgan fingerprint density at radius 2 is 1.91 bits per heavy atom. The van der Waals surface area contributed by atoms with Crippen LogP contribution in [0.3, 0.4) is 0 Å². The molecule has 3 N–H and O–H groups in total. The highest BCUT2D eigenvalue weighted by atomic mass is 19.3. The van der Waals surface area contributed by atoms with Crippen LogP contribution in [0.4, 0.5) is 14.5 Å². The first-order valence-corrected chi connectivity index (χ1v) is 7.99. The lowest BCUT2D eigenvalue weighted by atomic mass is 9.65. The van der Waals surface area contributed by atoms with Crippen molar-refractivity contribution in [3.63, 3.8) is 0 Å². The number of benzene rings is 1. The Hall–Kier alpha value is -1.49. The normalized spacial score (nSPS) is 31.1. The number of nitrogens with two attached hydrogens (primary N) is 1. The largest absolute Gasteiger partial charge is 0.327 e. The third kappa shape index (κ3) is 3.14. The SMILES string of the molecule is NC1C2CCCC1CC(C(=O)Nc1cccc(C(F)F)c1)C2. The van der Waals surface area contributed by atoms with Crippen molar-refractivity contribution < 1.29 is 13.6 Å². The van der Waals surface area contributed by atoms with Crippen molar-refractivity contribution >= 4 is 11.6 Å². The van der Waals surface area contributed by atoms with Gasteiger partial charge in [0.15, 0.2) is 0 Å². The minimum atomic E-state index is -2.52. The van der Waals surface area contributed by atoms with Crippen molar-refractivity contribution in [2.45, 2.75) is 44.6 Å². The molecule has 0 spiro atoms. The summed E-state index contributed by atoms with van der Waals surface area (Å²) in [5.74, 6) is 0.742. The van der Waals surface area contributed by atoms with Crippen molar-refractivity contribution in [3.8, 4) is 0 Å². The molecule has 2 aliphatic rings. The third-order valence-corrected chi connectivity index (χ3v) is 5.19. The van der Waals surface area contributed by atoms with Crippen molar-refractivity contribution in [3.05, 3.63) is 29.8 Å². The second-order valence-electron chi connectivity index (χ2n) is 6.61. The van der Waals surface area contributed by atoms with Crippen LogP contribution in [0, 0.1) is 17.8 Å². The number of alkyl halides is 2. The van der Waals surface area contributed by atoms with Crippen molar-refractivity contribution in [1.29, 1.82) is 0 Å². The van der Waals surface area contributed by atoms with Gasteiger partial charge in [0, 0.05) is 23.2 Å². The summed E-state index contributed by atoms with van der Waals surface area (Å²) < 4.78 is 25.4. The van der Waals surface area contributed by atoms with Crippen LogP contribution < -0.4 is 11.1 Å². The molecule has 1 aromatic carbocycles.